The van der Waals surface area contributed by atoms with Crippen LogP contribution in [-0.2, 0) is 0 Å². The van der Waals surface area contributed by atoms with Crippen molar-refractivity contribution in [3.05, 3.63) is 35.6 Å². The minimum Gasteiger partial charge on any atom is -0.391 e. The van der Waals surface area contributed by atoms with Gasteiger partial charge in [0.1, 0.15) is 5.82 Å². The number of amides is 2. The van der Waals surface area contributed by atoms with Crippen molar-refractivity contribution in [2.24, 2.45) is 0 Å². The molecular formula is C15H20F4N2O2. The van der Waals surface area contributed by atoms with E-state index in [0.717, 1.165) is 18.6 Å². The monoisotopic (exact) mass is 336 g/mol. The van der Waals surface area contributed by atoms with Gasteiger partial charge in [0.05, 0.1) is 18.6 Å². The lowest BCUT2D eigenvalue weighted by Crippen LogP contribution is -2.42. The van der Waals surface area contributed by atoms with E-state index in [2.05, 4.69) is 10.6 Å². The minimum absolute atomic E-state index is 0.0537. The fourth-order valence-corrected chi connectivity index (χ4v) is 2.03. The molecule has 1 aromatic carbocycles. The van der Waals surface area contributed by atoms with Crippen molar-refractivity contribution in [1.29, 1.82) is 0 Å². The van der Waals surface area contributed by atoms with Crippen LogP contribution in [-0.4, -0.2) is 30.0 Å². The van der Waals surface area contributed by atoms with Gasteiger partial charge in [-0.05, 0) is 24.1 Å². The molecule has 1 aromatic rings. The molecule has 0 bridgehead atoms. The maximum atomic E-state index is 12.9. The van der Waals surface area contributed by atoms with Gasteiger partial charge in [0.15, 0.2) is 0 Å². The van der Waals surface area contributed by atoms with Crippen LogP contribution in [0.1, 0.15) is 37.8 Å². The zero-order valence-electron chi connectivity index (χ0n) is 12.7. The first-order valence-electron chi connectivity index (χ1n) is 7.26. The average molecular weight is 336 g/mol. The molecule has 0 radical (unpaired) electrons. The molecule has 4 nitrogen and oxygen atoms in total. The standard InChI is InChI=1S/C15H20F4N2O2/c1-2-3-12(22)9-20-14(23)21-13(8-15(17,18)19)10-4-6-11(16)7-5-10/h4-7,12-13,22H,2-3,8-9H2,1H3,(H2,20,21,23). The molecule has 2 unspecified atom stereocenters. The van der Waals surface area contributed by atoms with E-state index in [1.54, 1.807) is 0 Å². The van der Waals surface area contributed by atoms with Crippen LogP contribution in [0, 0.1) is 5.82 Å². The molecule has 0 aliphatic heterocycles. The zero-order valence-corrected chi connectivity index (χ0v) is 12.7. The molecule has 0 spiro atoms. The van der Waals surface area contributed by atoms with Crippen molar-refractivity contribution in [3.8, 4) is 0 Å². The molecule has 3 N–H and O–H groups in total. The molecular weight excluding hydrogens is 316 g/mol. The molecule has 23 heavy (non-hydrogen) atoms. The molecule has 2 amide bonds. The molecule has 130 valence electrons. The van der Waals surface area contributed by atoms with Gasteiger partial charge >= 0.3 is 12.2 Å². The van der Waals surface area contributed by atoms with Gasteiger partial charge in [-0.2, -0.15) is 13.2 Å². The van der Waals surface area contributed by atoms with Crippen molar-refractivity contribution in [2.45, 2.75) is 44.5 Å². The predicted molar refractivity (Wildman–Crippen MR) is 77.3 cm³/mol. The summed E-state index contributed by atoms with van der Waals surface area (Å²) in [6.07, 6.45) is -5.32. The molecule has 0 saturated carbocycles. The Balaban J connectivity index is 2.69. The topological polar surface area (TPSA) is 61.4 Å². The number of halogens is 4. The van der Waals surface area contributed by atoms with Gasteiger partial charge in [-0.3, -0.25) is 0 Å². The summed E-state index contributed by atoms with van der Waals surface area (Å²) in [4.78, 5) is 11.7. The number of aliphatic hydroxyl groups is 1. The maximum absolute atomic E-state index is 12.9. The quantitative estimate of drug-likeness (QED) is 0.669. The number of alkyl halides is 3. The van der Waals surface area contributed by atoms with E-state index in [0.29, 0.717) is 6.42 Å². The van der Waals surface area contributed by atoms with Gasteiger partial charge in [-0.1, -0.05) is 25.5 Å². The van der Waals surface area contributed by atoms with E-state index in [1.165, 1.54) is 12.1 Å². The zero-order chi connectivity index (χ0) is 17.5. The second kappa shape index (κ2) is 8.71. The number of benzene rings is 1. The van der Waals surface area contributed by atoms with Crippen LogP contribution < -0.4 is 10.6 Å². The summed E-state index contributed by atoms with van der Waals surface area (Å²) in [5.74, 6) is -0.577. The summed E-state index contributed by atoms with van der Waals surface area (Å²) in [6.45, 7) is 1.80. The molecule has 2 atom stereocenters. The SMILES string of the molecule is CCCC(O)CNC(=O)NC(CC(F)(F)F)c1ccc(F)cc1. The van der Waals surface area contributed by atoms with E-state index < -0.39 is 36.6 Å². The highest BCUT2D eigenvalue weighted by Crippen LogP contribution is 2.29. The number of urea groups is 1. The Morgan fingerprint density at radius 1 is 1.26 bits per heavy atom. The van der Waals surface area contributed by atoms with Crippen LogP contribution in [0.5, 0.6) is 0 Å². The Hall–Kier alpha value is -1.83. The Morgan fingerprint density at radius 2 is 1.87 bits per heavy atom. The summed E-state index contributed by atoms with van der Waals surface area (Å²) in [5.41, 5.74) is 0.146. The fraction of sp³-hybridized carbons (Fsp3) is 0.533. The first kappa shape index (κ1) is 19.2. The molecule has 0 aliphatic rings. The van der Waals surface area contributed by atoms with Crippen LogP contribution in [0.4, 0.5) is 22.4 Å². The highest BCUT2D eigenvalue weighted by atomic mass is 19.4. The third-order valence-corrected chi connectivity index (χ3v) is 3.13. The summed E-state index contributed by atoms with van der Waals surface area (Å²) >= 11 is 0. The van der Waals surface area contributed by atoms with Crippen LogP contribution in [0.3, 0.4) is 0 Å². The lowest BCUT2D eigenvalue weighted by Gasteiger charge is -2.21. The molecule has 0 heterocycles. The number of nitrogens with one attached hydrogen (secondary N) is 2. The molecule has 8 heteroatoms. The number of carbonyl (C=O) groups is 1. The highest BCUT2D eigenvalue weighted by Gasteiger charge is 2.33. The normalized spacial score (nSPS) is 14.2. The van der Waals surface area contributed by atoms with E-state index in [-0.39, 0.29) is 12.1 Å². The third kappa shape index (κ3) is 7.83. The number of aliphatic hydroxyl groups excluding tert-OH is 1. The van der Waals surface area contributed by atoms with Gasteiger partial charge in [0.25, 0.3) is 0 Å². The van der Waals surface area contributed by atoms with E-state index in [9.17, 15) is 27.5 Å². The molecule has 0 fully saturated rings. The fourth-order valence-electron chi connectivity index (χ4n) is 2.03. The van der Waals surface area contributed by atoms with E-state index in [4.69, 9.17) is 0 Å². The number of rotatable bonds is 7. The van der Waals surface area contributed by atoms with Crippen molar-refractivity contribution in [2.75, 3.05) is 6.54 Å². The largest absolute Gasteiger partial charge is 0.391 e. The second-order valence-corrected chi connectivity index (χ2v) is 5.22. The van der Waals surface area contributed by atoms with Gasteiger partial charge in [-0.25, -0.2) is 9.18 Å². The van der Waals surface area contributed by atoms with Gasteiger partial charge < -0.3 is 15.7 Å². The van der Waals surface area contributed by atoms with Crippen LogP contribution >= 0.6 is 0 Å². The van der Waals surface area contributed by atoms with Crippen molar-refractivity contribution in [1.82, 2.24) is 10.6 Å². The molecule has 0 aliphatic carbocycles. The van der Waals surface area contributed by atoms with Crippen molar-refractivity contribution < 1.29 is 27.5 Å². The van der Waals surface area contributed by atoms with Crippen LogP contribution in [0.25, 0.3) is 0 Å². The average Bonchev–Trinajstić information content (AvgIpc) is 2.44. The number of hydrogen-bond donors (Lipinski definition) is 3. The third-order valence-electron chi connectivity index (χ3n) is 3.13. The number of hydrogen-bond acceptors (Lipinski definition) is 2. The van der Waals surface area contributed by atoms with E-state index in [1.807, 2.05) is 6.92 Å². The smallest absolute Gasteiger partial charge is 0.391 e. The van der Waals surface area contributed by atoms with Gasteiger partial charge in [-0.15, -0.1) is 0 Å². The predicted octanol–water partition coefficient (Wildman–Crippen LogP) is 3.28. The first-order valence-corrected chi connectivity index (χ1v) is 7.26. The summed E-state index contributed by atoms with van der Waals surface area (Å²) < 4.78 is 50.8. The van der Waals surface area contributed by atoms with Gasteiger partial charge in [0, 0.05) is 6.54 Å². The van der Waals surface area contributed by atoms with Crippen LogP contribution in [0.2, 0.25) is 0 Å². The van der Waals surface area contributed by atoms with Crippen LogP contribution in [0.15, 0.2) is 24.3 Å². The number of carbonyl (C=O) groups excluding carboxylic acids is 1. The molecule has 0 saturated heterocycles. The lowest BCUT2D eigenvalue weighted by atomic mass is 10.0. The van der Waals surface area contributed by atoms with Gasteiger partial charge in [0.2, 0.25) is 0 Å². The maximum Gasteiger partial charge on any atom is 0.391 e. The Bertz CT molecular complexity index is 491. The minimum atomic E-state index is -4.49. The molecule has 1 rings (SSSR count). The summed E-state index contributed by atoms with van der Waals surface area (Å²) in [7, 11) is 0. The van der Waals surface area contributed by atoms with E-state index >= 15 is 0 Å². The summed E-state index contributed by atoms with van der Waals surface area (Å²) in [6, 6.07) is 2.29. The molecule has 0 aromatic heterocycles. The first-order chi connectivity index (χ1) is 10.7. The summed E-state index contributed by atoms with van der Waals surface area (Å²) in [5, 5.41) is 14.0. The van der Waals surface area contributed by atoms with Crippen molar-refractivity contribution >= 4 is 6.03 Å². The van der Waals surface area contributed by atoms with Crippen molar-refractivity contribution in [3.63, 3.8) is 0 Å². The highest BCUT2D eigenvalue weighted by molar-refractivity contribution is 5.74. The Morgan fingerprint density at radius 3 is 2.39 bits per heavy atom. The Kier molecular flexibility index (Phi) is 7.28. The lowest BCUT2D eigenvalue weighted by molar-refractivity contribution is -0.139. The Labute approximate surface area is 131 Å². The second-order valence-electron chi connectivity index (χ2n) is 5.22.